The van der Waals surface area contributed by atoms with Crippen molar-refractivity contribution >= 4 is 28.7 Å². The van der Waals surface area contributed by atoms with Crippen LogP contribution in [-0.4, -0.2) is 55.9 Å². The summed E-state index contributed by atoms with van der Waals surface area (Å²) in [5, 5.41) is 17.8. The summed E-state index contributed by atoms with van der Waals surface area (Å²) in [4.78, 5) is 19.5. The van der Waals surface area contributed by atoms with Crippen LogP contribution in [0.2, 0.25) is 0 Å². The van der Waals surface area contributed by atoms with Crippen molar-refractivity contribution in [3.05, 3.63) is 46.5 Å². The quantitative estimate of drug-likeness (QED) is 0.531. The molecular weight excluding hydrogens is 363 g/mol. The lowest BCUT2D eigenvalue weighted by Gasteiger charge is -2.28. The predicted molar refractivity (Wildman–Crippen MR) is 110 cm³/mol. The third kappa shape index (κ3) is 4.66. The fourth-order valence-corrected chi connectivity index (χ4v) is 3.21. The summed E-state index contributed by atoms with van der Waals surface area (Å²) >= 11 is 0. The van der Waals surface area contributed by atoms with Crippen LogP contribution in [0.5, 0.6) is 0 Å². The minimum Gasteiger partial charge on any atom is -0.369 e. The number of piperazine rings is 1. The number of nitrogens with zero attached hydrogens (tertiary/aromatic N) is 4. The van der Waals surface area contributed by atoms with Crippen molar-refractivity contribution in [2.24, 2.45) is 0 Å². The first kappa shape index (κ1) is 19.8. The Balaban J connectivity index is 1.82. The van der Waals surface area contributed by atoms with Crippen molar-refractivity contribution in [2.45, 2.75) is 6.92 Å². The van der Waals surface area contributed by atoms with Gasteiger partial charge in [0.2, 0.25) is 5.82 Å². The minimum atomic E-state index is -0.439. The van der Waals surface area contributed by atoms with E-state index in [4.69, 9.17) is 0 Å². The fraction of sp³-hybridized carbons (Fsp3) is 0.421. The van der Waals surface area contributed by atoms with Gasteiger partial charge in [-0.1, -0.05) is 0 Å². The Morgan fingerprint density at radius 2 is 1.96 bits per heavy atom. The Morgan fingerprint density at radius 3 is 2.57 bits per heavy atom. The van der Waals surface area contributed by atoms with Gasteiger partial charge in [0.1, 0.15) is 12.5 Å². The Bertz CT molecular complexity index is 796. The number of hydrogen-bond donors (Lipinski definition) is 2. The average molecular weight is 388 g/mol. The summed E-state index contributed by atoms with van der Waals surface area (Å²) < 4.78 is 12.7. The highest BCUT2D eigenvalue weighted by molar-refractivity contribution is 5.69. The van der Waals surface area contributed by atoms with Gasteiger partial charge in [0.15, 0.2) is 0 Å². The van der Waals surface area contributed by atoms with E-state index in [1.54, 1.807) is 6.07 Å². The van der Waals surface area contributed by atoms with E-state index in [0.717, 1.165) is 31.9 Å². The zero-order valence-corrected chi connectivity index (χ0v) is 15.9. The van der Waals surface area contributed by atoms with Crippen LogP contribution in [0, 0.1) is 10.1 Å². The van der Waals surface area contributed by atoms with Crippen molar-refractivity contribution in [1.82, 2.24) is 10.3 Å². The summed E-state index contributed by atoms with van der Waals surface area (Å²) in [7, 11) is 0. The monoisotopic (exact) mass is 388 g/mol. The third-order valence-corrected chi connectivity index (χ3v) is 4.73. The molecule has 150 valence electrons. The van der Waals surface area contributed by atoms with Gasteiger partial charge in [0, 0.05) is 56.7 Å². The molecule has 28 heavy (non-hydrogen) atoms. The van der Waals surface area contributed by atoms with Gasteiger partial charge in [-0.05, 0) is 37.3 Å². The SMILES string of the molecule is CCN(CCF)c1ccc(Nc2nc(N3CCNCC3)ccc2[N+](=O)[O-])cc1. The Labute approximate surface area is 163 Å². The Morgan fingerprint density at radius 1 is 1.25 bits per heavy atom. The van der Waals surface area contributed by atoms with E-state index in [1.807, 2.05) is 36.1 Å². The van der Waals surface area contributed by atoms with Gasteiger partial charge < -0.3 is 20.4 Å². The zero-order valence-electron chi connectivity index (χ0n) is 15.9. The van der Waals surface area contributed by atoms with Gasteiger partial charge >= 0.3 is 5.69 Å². The van der Waals surface area contributed by atoms with Crippen LogP contribution in [0.1, 0.15) is 6.92 Å². The number of nitro groups is 1. The largest absolute Gasteiger partial charge is 0.369 e. The molecule has 3 rings (SSSR count). The number of rotatable bonds is 8. The van der Waals surface area contributed by atoms with Gasteiger partial charge in [-0.2, -0.15) is 0 Å². The highest BCUT2D eigenvalue weighted by atomic mass is 19.1. The average Bonchev–Trinajstić information content (AvgIpc) is 2.73. The van der Waals surface area contributed by atoms with Crippen molar-refractivity contribution in [3.63, 3.8) is 0 Å². The molecule has 8 nitrogen and oxygen atoms in total. The first-order chi connectivity index (χ1) is 13.6. The molecule has 0 radical (unpaired) electrons. The number of pyridine rings is 1. The molecule has 0 saturated carbocycles. The highest BCUT2D eigenvalue weighted by Gasteiger charge is 2.20. The van der Waals surface area contributed by atoms with Crippen LogP contribution in [0.3, 0.4) is 0 Å². The summed E-state index contributed by atoms with van der Waals surface area (Å²) in [6.07, 6.45) is 0. The highest BCUT2D eigenvalue weighted by Crippen LogP contribution is 2.29. The molecule has 0 spiro atoms. The molecule has 0 amide bonds. The second-order valence-electron chi connectivity index (χ2n) is 6.47. The topological polar surface area (TPSA) is 86.6 Å². The second-order valence-corrected chi connectivity index (χ2v) is 6.47. The van der Waals surface area contributed by atoms with Gasteiger partial charge in [0.05, 0.1) is 4.92 Å². The number of halogens is 1. The molecule has 1 aliphatic rings. The van der Waals surface area contributed by atoms with Crippen LogP contribution in [0.15, 0.2) is 36.4 Å². The standard InChI is InChI=1S/C19H25FN6O2/c1-2-24(12-9-20)16-5-3-15(4-6-16)22-19-17(26(27)28)7-8-18(23-19)25-13-10-21-11-14-25/h3-8,21H,2,9-14H2,1H3,(H,22,23). The number of alkyl halides is 1. The number of benzene rings is 1. The number of anilines is 4. The number of aromatic nitrogens is 1. The lowest BCUT2D eigenvalue weighted by molar-refractivity contribution is -0.384. The molecule has 2 N–H and O–H groups in total. The first-order valence-corrected chi connectivity index (χ1v) is 9.41. The van der Waals surface area contributed by atoms with Crippen LogP contribution in [-0.2, 0) is 0 Å². The van der Waals surface area contributed by atoms with E-state index in [1.165, 1.54) is 6.07 Å². The van der Waals surface area contributed by atoms with E-state index >= 15 is 0 Å². The molecule has 1 aromatic heterocycles. The molecule has 1 aromatic carbocycles. The summed E-state index contributed by atoms with van der Waals surface area (Å²) in [6.45, 7) is 5.92. The molecule has 0 aliphatic carbocycles. The minimum absolute atomic E-state index is 0.0735. The predicted octanol–water partition coefficient (Wildman–Crippen LogP) is 2.94. The van der Waals surface area contributed by atoms with E-state index in [9.17, 15) is 14.5 Å². The lowest BCUT2D eigenvalue weighted by atomic mass is 10.2. The fourth-order valence-electron chi connectivity index (χ4n) is 3.21. The molecule has 0 atom stereocenters. The molecule has 1 saturated heterocycles. The lowest BCUT2D eigenvalue weighted by Crippen LogP contribution is -2.43. The van der Waals surface area contributed by atoms with Gasteiger partial charge in [-0.3, -0.25) is 10.1 Å². The Kier molecular flexibility index (Phi) is 6.59. The third-order valence-electron chi connectivity index (χ3n) is 4.73. The van der Waals surface area contributed by atoms with E-state index in [-0.39, 0.29) is 11.5 Å². The van der Waals surface area contributed by atoms with Crippen LogP contribution in [0.25, 0.3) is 0 Å². The Hall–Kier alpha value is -2.94. The van der Waals surface area contributed by atoms with Crippen LogP contribution < -0.4 is 20.4 Å². The smallest absolute Gasteiger partial charge is 0.311 e. The van der Waals surface area contributed by atoms with Gasteiger partial charge in [0.25, 0.3) is 0 Å². The molecule has 2 aromatic rings. The van der Waals surface area contributed by atoms with Crippen LogP contribution in [0.4, 0.5) is 33.1 Å². The van der Waals surface area contributed by atoms with Crippen molar-refractivity contribution in [2.75, 3.05) is 61.1 Å². The van der Waals surface area contributed by atoms with Crippen molar-refractivity contribution in [1.29, 1.82) is 0 Å². The molecule has 2 heterocycles. The summed E-state index contributed by atoms with van der Waals surface area (Å²) in [5.41, 5.74) is 1.52. The van der Waals surface area contributed by atoms with Gasteiger partial charge in [-0.25, -0.2) is 9.37 Å². The maximum atomic E-state index is 12.7. The molecular formula is C19H25FN6O2. The van der Waals surface area contributed by atoms with Crippen molar-refractivity contribution in [3.8, 4) is 0 Å². The second kappa shape index (κ2) is 9.32. The van der Waals surface area contributed by atoms with Crippen molar-refractivity contribution < 1.29 is 9.31 Å². The maximum Gasteiger partial charge on any atom is 0.311 e. The molecule has 0 bridgehead atoms. The van der Waals surface area contributed by atoms with E-state index in [2.05, 4.69) is 20.5 Å². The molecule has 1 aliphatic heterocycles. The van der Waals surface area contributed by atoms with E-state index in [0.29, 0.717) is 24.6 Å². The van der Waals surface area contributed by atoms with Gasteiger partial charge in [-0.15, -0.1) is 0 Å². The number of nitrogens with one attached hydrogen (secondary N) is 2. The van der Waals surface area contributed by atoms with Crippen LogP contribution >= 0.6 is 0 Å². The normalized spacial score (nSPS) is 14.0. The summed E-state index contributed by atoms with van der Waals surface area (Å²) in [6, 6.07) is 10.5. The first-order valence-electron chi connectivity index (χ1n) is 9.41. The maximum absolute atomic E-state index is 12.7. The molecule has 1 fully saturated rings. The zero-order chi connectivity index (χ0) is 19.9. The summed E-state index contributed by atoms with van der Waals surface area (Å²) in [5.74, 6) is 0.927. The number of hydrogen-bond acceptors (Lipinski definition) is 7. The molecule has 0 unspecified atom stereocenters. The molecule has 9 heteroatoms. The van der Waals surface area contributed by atoms with E-state index < -0.39 is 11.6 Å².